The van der Waals surface area contributed by atoms with Crippen molar-refractivity contribution >= 4 is 16.9 Å². The Morgan fingerprint density at radius 1 is 1.13 bits per heavy atom. The summed E-state index contributed by atoms with van der Waals surface area (Å²) in [6.07, 6.45) is 0. The van der Waals surface area contributed by atoms with Crippen LogP contribution >= 0.6 is 0 Å². The van der Waals surface area contributed by atoms with Gasteiger partial charge in [0, 0.05) is 5.69 Å². The van der Waals surface area contributed by atoms with Gasteiger partial charge in [0.25, 0.3) is 0 Å². The molecule has 0 aliphatic heterocycles. The predicted octanol–water partition coefficient (Wildman–Crippen LogP) is 2.04. The van der Waals surface area contributed by atoms with Gasteiger partial charge in [0.1, 0.15) is 11.3 Å². The summed E-state index contributed by atoms with van der Waals surface area (Å²) in [5.74, 6) is 1.52. The summed E-state index contributed by atoms with van der Waals surface area (Å²) in [4.78, 5) is 12.9. The zero-order chi connectivity index (χ0) is 11.0. The second kappa shape index (κ2) is 3.46. The Morgan fingerprint density at radius 3 is 2.53 bits per heavy atom. The molecule has 0 radical (unpaired) electrons. The Morgan fingerprint density at radius 2 is 1.87 bits per heavy atom. The second-order valence-corrected chi connectivity index (χ2v) is 3.91. The van der Waals surface area contributed by atoms with Gasteiger partial charge in [0.05, 0.1) is 5.52 Å². The second-order valence-electron chi connectivity index (χ2n) is 3.91. The van der Waals surface area contributed by atoms with Crippen molar-refractivity contribution in [1.82, 2.24) is 15.0 Å². The zero-order valence-corrected chi connectivity index (χ0v) is 9.15. The van der Waals surface area contributed by atoms with E-state index in [-0.39, 0.29) is 0 Å². The van der Waals surface area contributed by atoms with Gasteiger partial charge in [-0.15, -0.1) is 0 Å². The fourth-order valence-corrected chi connectivity index (χ4v) is 1.49. The van der Waals surface area contributed by atoms with Crippen LogP contribution in [-0.4, -0.2) is 15.0 Å². The average Bonchev–Trinajstić information content (AvgIpc) is 2.16. The Labute approximate surface area is 88.6 Å². The van der Waals surface area contributed by atoms with E-state index in [1.165, 1.54) is 0 Å². The summed E-state index contributed by atoms with van der Waals surface area (Å²) in [7, 11) is 0. The van der Waals surface area contributed by atoms with Gasteiger partial charge in [-0.3, -0.25) is 0 Å². The molecule has 0 aliphatic rings. The summed E-state index contributed by atoms with van der Waals surface area (Å²) >= 11 is 0. The first kappa shape index (κ1) is 9.83. The lowest BCUT2D eigenvalue weighted by Gasteiger charge is -2.07. The number of anilines is 1. The number of nitrogen functional groups attached to an aromatic ring is 1. The number of hydrogen-bond acceptors (Lipinski definition) is 4. The summed E-state index contributed by atoms with van der Waals surface area (Å²) in [5.41, 5.74) is 8.34. The van der Waals surface area contributed by atoms with Crippen LogP contribution in [0, 0.1) is 6.92 Å². The van der Waals surface area contributed by atoms with E-state index in [1.807, 2.05) is 19.1 Å². The molecule has 2 heterocycles. The summed E-state index contributed by atoms with van der Waals surface area (Å²) in [6.45, 7) is 6.02. The number of fused-ring (bicyclic) bond motifs is 1. The third kappa shape index (κ3) is 1.75. The number of rotatable bonds is 1. The quantitative estimate of drug-likeness (QED) is 0.768. The maximum absolute atomic E-state index is 5.81. The van der Waals surface area contributed by atoms with E-state index in [1.54, 1.807) is 0 Å². The van der Waals surface area contributed by atoms with Gasteiger partial charge in [-0.2, -0.15) is 0 Å². The van der Waals surface area contributed by atoms with Gasteiger partial charge in [-0.1, -0.05) is 13.8 Å². The number of nitrogens with zero attached hydrogens (tertiary/aromatic N) is 3. The van der Waals surface area contributed by atoms with Crippen molar-refractivity contribution in [3.8, 4) is 0 Å². The lowest BCUT2D eigenvalue weighted by atomic mass is 10.1. The highest BCUT2D eigenvalue weighted by atomic mass is 15.0. The smallest absolute Gasteiger partial charge is 0.153 e. The lowest BCUT2D eigenvalue weighted by Crippen LogP contribution is -2.01. The van der Waals surface area contributed by atoms with E-state index in [9.17, 15) is 0 Å². The van der Waals surface area contributed by atoms with Crippen LogP contribution < -0.4 is 5.73 Å². The van der Waals surface area contributed by atoms with Gasteiger partial charge in [-0.25, -0.2) is 15.0 Å². The normalized spacial score (nSPS) is 11.2. The monoisotopic (exact) mass is 202 g/mol. The number of nitrogens with two attached hydrogens (primary N) is 1. The van der Waals surface area contributed by atoms with E-state index in [0.717, 1.165) is 11.2 Å². The number of hydrogen-bond donors (Lipinski definition) is 1. The molecule has 4 heteroatoms. The molecular weight excluding hydrogens is 188 g/mol. The molecule has 0 bridgehead atoms. The Bertz CT molecular complexity index is 505. The zero-order valence-electron chi connectivity index (χ0n) is 9.15. The molecule has 0 saturated carbocycles. The van der Waals surface area contributed by atoms with Crippen molar-refractivity contribution in [2.24, 2.45) is 0 Å². The summed E-state index contributed by atoms with van der Waals surface area (Å²) in [5, 5.41) is 0. The molecule has 2 aromatic rings. The third-order valence-electron chi connectivity index (χ3n) is 2.29. The van der Waals surface area contributed by atoms with Crippen molar-refractivity contribution in [2.45, 2.75) is 26.7 Å². The van der Waals surface area contributed by atoms with E-state index in [4.69, 9.17) is 5.73 Å². The van der Waals surface area contributed by atoms with Gasteiger partial charge in [-0.05, 0) is 25.0 Å². The topological polar surface area (TPSA) is 64.7 Å². The molecule has 0 amide bonds. The van der Waals surface area contributed by atoms with Crippen LogP contribution in [0.1, 0.15) is 31.3 Å². The van der Waals surface area contributed by atoms with Crippen molar-refractivity contribution in [2.75, 3.05) is 5.73 Å². The number of aromatic nitrogens is 3. The fourth-order valence-electron chi connectivity index (χ4n) is 1.49. The first-order valence-corrected chi connectivity index (χ1v) is 4.98. The standard InChI is InChI=1S/C11H14N4/c1-6(2)8-4-5-9-10(15-8)11(12)14-7(3)13-9/h4-6H,1-3H3,(H2,12,13,14). The van der Waals surface area contributed by atoms with Crippen molar-refractivity contribution in [1.29, 1.82) is 0 Å². The minimum absolute atomic E-state index is 0.384. The first-order chi connectivity index (χ1) is 7.08. The highest BCUT2D eigenvalue weighted by Gasteiger charge is 2.07. The van der Waals surface area contributed by atoms with Crippen LogP contribution in [0.4, 0.5) is 5.82 Å². The Hall–Kier alpha value is -1.71. The maximum atomic E-state index is 5.81. The van der Waals surface area contributed by atoms with E-state index < -0.39 is 0 Å². The van der Waals surface area contributed by atoms with Crippen LogP contribution in [0.2, 0.25) is 0 Å². The molecular formula is C11H14N4. The molecule has 0 aromatic carbocycles. The van der Waals surface area contributed by atoms with Crippen LogP contribution in [0.15, 0.2) is 12.1 Å². The molecule has 2 aromatic heterocycles. The first-order valence-electron chi connectivity index (χ1n) is 4.98. The summed E-state index contributed by atoms with van der Waals surface area (Å²) < 4.78 is 0. The van der Waals surface area contributed by atoms with E-state index >= 15 is 0 Å². The van der Waals surface area contributed by atoms with Gasteiger partial charge < -0.3 is 5.73 Å². The number of aryl methyl sites for hydroxylation is 1. The van der Waals surface area contributed by atoms with Crippen LogP contribution in [0.5, 0.6) is 0 Å². The third-order valence-corrected chi connectivity index (χ3v) is 2.29. The lowest BCUT2D eigenvalue weighted by molar-refractivity contribution is 0.829. The maximum Gasteiger partial charge on any atom is 0.153 e. The van der Waals surface area contributed by atoms with Crippen molar-refractivity contribution in [3.63, 3.8) is 0 Å². The molecule has 4 nitrogen and oxygen atoms in total. The Kier molecular flexibility index (Phi) is 2.26. The highest BCUT2D eigenvalue weighted by molar-refractivity contribution is 5.83. The van der Waals surface area contributed by atoms with Crippen LogP contribution in [0.25, 0.3) is 11.0 Å². The van der Waals surface area contributed by atoms with Crippen LogP contribution in [0.3, 0.4) is 0 Å². The molecule has 0 aliphatic carbocycles. The fraction of sp³-hybridized carbons (Fsp3) is 0.364. The van der Waals surface area contributed by atoms with Crippen molar-refractivity contribution in [3.05, 3.63) is 23.7 Å². The molecule has 0 saturated heterocycles. The molecule has 0 spiro atoms. The van der Waals surface area contributed by atoms with E-state index in [2.05, 4.69) is 28.8 Å². The predicted molar refractivity (Wildman–Crippen MR) is 60.6 cm³/mol. The van der Waals surface area contributed by atoms with Gasteiger partial charge >= 0.3 is 0 Å². The largest absolute Gasteiger partial charge is 0.382 e. The molecule has 0 unspecified atom stereocenters. The molecule has 15 heavy (non-hydrogen) atoms. The van der Waals surface area contributed by atoms with E-state index in [0.29, 0.717) is 23.1 Å². The minimum Gasteiger partial charge on any atom is -0.382 e. The SMILES string of the molecule is Cc1nc(N)c2nc(C(C)C)ccc2n1. The number of pyridine rings is 1. The minimum atomic E-state index is 0.384. The average molecular weight is 202 g/mol. The molecule has 2 rings (SSSR count). The molecule has 2 N–H and O–H groups in total. The highest BCUT2D eigenvalue weighted by Crippen LogP contribution is 2.19. The van der Waals surface area contributed by atoms with Crippen LogP contribution in [-0.2, 0) is 0 Å². The van der Waals surface area contributed by atoms with Gasteiger partial charge in [0.2, 0.25) is 0 Å². The summed E-state index contributed by atoms with van der Waals surface area (Å²) in [6, 6.07) is 3.93. The Balaban J connectivity index is 2.71. The van der Waals surface area contributed by atoms with Gasteiger partial charge in [0.15, 0.2) is 5.82 Å². The molecule has 0 fully saturated rings. The molecule has 78 valence electrons. The van der Waals surface area contributed by atoms with Crippen molar-refractivity contribution < 1.29 is 0 Å². The molecule has 0 atom stereocenters.